The minimum atomic E-state index is -0.402. The molecule has 1 aliphatic heterocycles. The van der Waals surface area contributed by atoms with E-state index in [0.717, 1.165) is 17.1 Å². The Labute approximate surface area is 167 Å². The Kier molecular flexibility index (Phi) is 5.21. The summed E-state index contributed by atoms with van der Waals surface area (Å²) in [6.45, 7) is 2.40. The molecule has 0 saturated carbocycles. The van der Waals surface area contributed by atoms with E-state index in [1.165, 1.54) is 12.1 Å². The molecule has 1 aliphatic rings. The maximum absolute atomic E-state index is 13.4. The minimum absolute atomic E-state index is 0.150. The van der Waals surface area contributed by atoms with Gasteiger partial charge in [0, 0.05) is 42.3 Å². The normalized spacial score (nSPS) is 14.2. The Bertz CT molecular complexity index is 970. The van der Waals surface area contributed by atoms with Gasteiger partial charge in [-0.3, -0.25) is 4.79 Å². The molecule has 2 aromatic carbocycles. The second-order valence-corrected chi connectivity index (χ2v) is 7.01. The third kappa shape index (κ3) is 3.97. The molecule has 5 nitrogen and oxygen atoms in total. The number of hydrogen-bond acceptors (Lipinski definition) is 4. The van der Waals surface area contributed by atoms with Crippen molar-refractivity contribution in [3.05, 3.63) is 77.1 Å². The van der Waals surface area contributed by atoms with Crippen molar-refractivity contribution in [2.24, 2.45) is 0 Å². The summed E-state index contributed by atoms with van der Waals surface area (Å²) in [6, 6.07) is 17.1. The number of carbonyl (C=O) groups excluding carboxylic acids is 1. The quantitative estimate of drug-likeness (QED) is 0.673. The molecule has 0 unspecified atom stereocenters. The summed E-state index contributed by atoms with van der Waals surface area (Å²) >= 11 is 5.92. The van der Waals surface area contributed by atoms with Crippen LogP contribution in [0.3, 0.4) is 0 Å². The van der Waals surface area contributed by atoms with E-state index < -0.39 is 5.82 Å². The number of halogens is 2. The van der Waals surface area contributed by atoms with Gasteiger partial charge >= 0.3 is 0 Å². The third-order valence-corrected chi connectivity index (χ3v) is 5.00. The minimum Gasteiger partial charge on any atom is -0.352 e. The highest BCUT2D eigenvalue weighted by Crippen LogP contribution is 2.21. The molecule has 0 N–H and O–H groups in total. The van der Waals surface area contributed by atoms with Crippen molar-refractivity contribution < 1.29 is 9.18 Å². The monoisotopic (exact) mass is 396 g/mol. The first-order valence-electron chi connectivity index (χ1n) is 8.99. The Balaban J connectivity index is 1.39. The molecular weight excluding hydrogens is 379 g/mol. The van der Waals surface area contributed by atoms with Gasteiger partial charge in [-0.1, -0.05) is 29.8 Å². The zero-order valence-electron chi connectivity index (χ0n) is 15.1. The van der Waals surface area contributed by atoms with Crippen molar-refractivity contribution in [2.45, 2.75) is 0 Å². The highest BCUT2D eigenvalue weighted by Gasteiger charge is 2.23. The van der Waals surface area contributed by atoms with Crippen LogP contribution in [0.5, 0.6) is 0 Å². The Morgan fingerprint density at radius 2 is 1.68 bits per heavy atom. The lowest BCUT2D eigenvalue weighted by molar-refractivity contribution is 0.0746. The van der Waals surface area contributed by atoms with Crippen LogP contribution in [0.1, 0.15) is 10.4 Å². The molecule has 28 heavy (non-hydrogen) atoms. The van der Waals surface area contributed by atoms with Crippen LogP contribution >= 0.6 is 11.6 Å². The molecule has 7 heteroatoms. The zero-order valence-corrected chi connectivity index (χ0v) is 15.8. The number of piperazine rings is 1. The van der Waals surface area contributed by atoms with E-state index in [2.05, 4.69) is 15.1 Å². The molecular formula is C21H18ClFN4O. The zero-order chi connectivity index (χ0) is 19.5. The molecule has 0 spiro atoms. The van der Waals surface area contributed by atoms with Gasteiger partial charge in [0.15, 0.2) is 5.82 Å². The second kappa shape index (κ2) is 7.94. The number of amides is 1. The highest BCUT2D eigenvalue weighted by molar-refractivity contribution is 6.30. The van der Waals surface area contributed by atoms with E-state index in [9.17, 15) is 9.18 Å². The van der Waals surface area contributed by atoms with Crippen molar-refractivity contribution in [1.29, 1.82) is 0 Å². The van der Waals surface area contributed by atoms with Crippen LogP contribution in [-0.4, -0.2) is 47.2 Å². The lowest BCUT2D eigenvalue weighted by atomic mass is 10.1. The van der Waals surface area contributed by atoms with Gasteiger partial charge < -0.3 is 9.80 Å². The number of hydrogen-bond donors (Lipinski definition) is 0. The summed E-state index contributed by atoms with van der Waals surface area (Å²) in [7, 11) is 0. The first-order chi connectivity index (χ1) is 13.6. The first kappa shape index (κ1) is 18.4. The van der Waals surface area contributed by atoms with Crippen LogP contribution in [-0.2, 0) is 0 Å². The van der Waals surface area contributed by atoms with E-state index >= 15 is 0 Å². The van der Waals surface area contributed by atoms with Crippen LogP contribution in [0.15, 0.2) is 60.7 Å². The average Bonchev–Trinajstić information content (AvgIpc) is 2.74. The lowest BCUT2D eigenvalue weighted by Gasteiger charge is -2.35. The summed E-state index contributed by atoms with van der Waals surface area (Å²) in [6.07, 6.45) is 0. The standard InChI is InChI=1S/C21H18ClFN4O/c22-17-6-4-15(5-7-17)19-8-9-20(25-24-19)26-10-12-27(13-11-26)21(28)16-2-1-3-18(23)14-16/h1-9,14H,10-13H2. The van der Waals surface area contributed by atoms with E-state index in [4.69, 9.17) is 11.6 Å². The molecule has 0 atom stereocenters. The SMILES string of the molecule is O=C(c1cccc(F)c1)N1CCN(c2ccc(-c3ccc(Cl)cc3)nn2)CC1. The molecule has 1 amide bonds. The topological polar surface area (TPSA) is 49.3 Å². The van der Waals surface area contributed by atoms with Crippen LogP contribution in [0.4, 0.5) is 10.2 Å². The van der Waals surface area contributed by atoms with Gasteiger partial charge in [0.2, 0.25) is 0 Å². The number of benzene rings is 2. The Morgan fingerprint density at radius 3 is 2.32 bits per heavy atom. The number of carbonyl (C=O) groups is 1. The second-order valence-electron chi connectivity index (χ2n) is 6.57. The number of rotatable bonds is 3. The lowest BCUT2D eigenvalue weighted by Crippen LogP contribution is -2.49. The van der Waals surface area contributed by atoms with Gasteiger partial charge in [0.1, 0.15) is 5.82 Å². The Hall–Kier alpha value is -2.99. The fourth-order valence-electron chi connectivity index (χ4n) is 3.21. The predicted molar refractivity (Wildman–Crippen MR) is 107 cm³/mol. The van der Waals surface area contributed by atoms with Gasteiger partial charge in [0.05, 0.1) is 5.69 Å². The van der Waals surface area contributed by atoms with Crippen LogP contribution in [0.25, 0.3) is 11.3 Å². The fraction of sp³-hybridized carbons (Fsp3) is 0.190. The molecule has 4 rings (SSSR count). The highest BCUT2D eigenvalue weighted by atomic mass is 35.5. The number of nitrogens with zero attached hydrogens (tertiary/aromatic N) is 4. The molecule has 1 fully saturated rings. The molecule has 2 heterocycles. The molecule has 1 saturated heterocycles. The molecule has 142 valence electrons. The summed E-state index contributed by atoms with van der Waals surface area (Å²) in [4.78, 5) is 16.4. The van der Waals surface area contributed by atoms with E-state index in [1.807, 2.05) is 36.4 Å². The average molecular weight is 397 g/mol. The van der Waals surface area contributed by atoms with Gasteiger partial charge in [-0.25, -0.2) is 4.39 Å². The molecule has 0 aliphatic carbocycles. The number of aromatic nitrogens is 2. The van der Waals surface area contributed by atoms with Crippen LogP contribution in [0.2, 0.25) is 5.02 Å². The molecule has 1 aromatic heterocycles. The molecule has 0 bridgehead atoms. The summed E-state index contributed by atoms with van der Waals surface area (Å²) in [5, 5.41) is 9.32. The first-order valence-corrected chi connectivity index (χ1v) is 9.37. The van der Waals surface area contributed by atoms with Crippen LogP contribution in [0, 0.1) is 5.82 Å². The van der Waals surface area contributed by atoms with Crippen molar-refractivity contribution in [3.63, 3.8) is 0 Å². The molecule has 0 radical (unpaired) electrons. The van der Waals surface area contributed by atoms with E-state index in [1.54, 1.807) is 17.0 Å². The molecule has 3 aromatic rings. The van der Waals surface area contributed by atoms with Crippen LogP contribution < -0.4 is 4.90 Å². The summed E-state index contributed by atoms with van der Waals surface area (Å²) in [5.41, 5.74) is 2.11. The fourth-order valence-corrected chi connectivity index (χ4v) is 3.34. The Morgan fingerprint density at radius 1 is 0.929 bits per heavy atom. The summed E-state index contributed by atoms with van der Waals surface area (Å²) in [5.74, 6) is 0.222. The van der Waals surface area contributed by atoms with E-state index in [0.29, 0.717) is 36.8 Å². The van der Waals surface area contributed by atoms with Crippen molar-refractivity contribution in [2.75, 3.05) is 31.1 Å². The largest absolute Gasteiger partial charge is 0.352 e. The number of anilines is 1. The predicted octanol–water partition coefficient (Wildman–Crippen LogP) is 3.90. The smallest absolute Gasteiger partial charge is 0.254 e. The van der Waals surface area contributed by atoms with Gasteiger partial charge in [-0.15, -0.1) is 10.2 Å². The maximum Gasteiger partial charge on any atom is 0.254 e. The van der Waals surface area contributed by atoms with E-state index in [-0.39, 0.29) is 5.91 Å². The van der Waals surface area contributed by atoms with Crippen molar-refractivity contribution in [3.8, 4) is 11.3 Å². The third-order valence-electron chi connectivity index (χ3n) is 4.75. The van der Waals surface area contributed by atoms with Gasteiger partial charge in [0.25, 0.3) is 5.91 Å². The maximum atomic E-state index is 13.4. The van der Waals surface area contributed by atoms with Crippen molar-refractivity contribution in [1.82, 2.24) is 15.1 Å². The van der Waals surface area contributed by atoms with Gasteiger partial charge in [-0.2, -0.15) is 0 Å². The summed E-state index contributed by atoms with van der Waals surface area (Å²) < 4.78 is 13.4. The van der Waals surface area contributed by atoms with Crippen molar-refractivity contribution >= 4 is 23.3 Å². The van der Waals surface area contributed by atoms with Gasteiger partial charge in [-0.05, 0) is 42.5 Å².